The van der Waals surface area contributed by atoms with Crippen molar-refractivity contribution in [3.8, 4) is 0 Å². The van der Waals surface area contributed by atoms with Gasteiger partial charge in [-0.15, -0.1) is 0 Å². The van der Waals surface area contributed by atoms with Crippen LogP contribution in [0.4, 0.5) is 14.5 Å². The van der Waals surface area contributed by atoms with Crippen molar-refractivity contribution in [2.45, 2.75) is 6.54 Å². The van der Waals surface area contributed by atoms with E-state index in [0.717, 1.165) is 17.7 Å². The van der Waals surface area contributed by atoms with Gasteiger partial charge >= 0.3 is 0 Å². The molecule has 5 heteroatoms. The maximum absolute atomic E-state index is 12.9. The lowest BCUT2D eigenvalue weighted by Gasteiger charge is -2.04. The van der Waals surface area contributed by atoms with Crippen LogP contribution in [0, 0.1) is 11.6 Å². The molecule has 0 fully saturated rings. The van der Waals surface area contributed by atoms with E-state index in [9.17, 15) is 8.78 Å². The van der Waals surface area contributed by atoms with Crippen molar-refractivity contribution < 1.29 is 8.78 Å². The second-order valence-corrected chi connectivity index (χ2v) is 3.50. The lowest BCUT2D eigenvalue weighted by molar-refractivity contribution is 0.509. The summed E-state index contributed by atoms with van der Waals surface area (Å²) < 4.78 is 27.2. The molecule has 0 saturated carbocycles. The van der Waals surface area contributed by atoms with Crippen molar-refractivity contribution in [2.24, 2.45) is 7.05 Å². The molecule has 3 nitrogen and oxygen atoms in total. The highest BCUT2D eigenvalue weighted by atomic mass is 19.2. The Morgan fingerprint density at radius 2 is 2.12 bits per heavy atom. The normalized spacial score (nSPS) is 10.4. The Labute approximate surface area is 91.7 Å². The van der Waals surface area contributed by atoms with Crippen LogP contribution in [0.1, 0.15) is 5.56 Å². The summed E-state index contributed by atoms with van der Waals surface area (Å²) in [5.74, 6) is -1.69. The van der Waals surface area contributed by atoms with E-state index in [1.807, 2.05) is 13.2 Å². The highest BCUT2D eigenvalue weighted by Crippen LogP contribution is 2.13. The van der Waals surface area contributed by atoms with Gasteiger partial charge in [0.2, 0.25) is 0 Å². The maximum atomic E-state index is 12.9. The summed E-state index contributed by atoms with van der Waals surface area (Å²) >= 11 is 0. The Balaban J connectivity index is 2.02. The van der Waals surface area contributed by atoms with Crippen LogP contribution in [0.3, 0.4) is 0 Å². The summed E-state index contributed by atoms with van der Waals surface area (Å²) in [5, 5.41) is 6.99. The number of benzene rings is 1. The van der Waals surface area contributed by atoms with Crippen LogP contribution in [0.15, 0.2) is 30.6 Å². The molecule has 0 spiro atoms. The van der Waals surface area contributed by atoms with Gasteiger partial charge in [0.1, 0.15) is 0 Å². The summed E-state index contributed by atoms with van der Waals surface area (Å²) in [7, 11) is 1.82. The summed E-state index contributed by atoms with van der Waals surface area (Å²) in [5.41, 5.74) is 1.52. The topological polar surface area (TPSA) is 29.9 Å². The van der Waals surface area contributed by atoms with Gasteiger partial charge in [0.15, 0.2) is 11.6 Å². The average molecular weight is 223 g/mol. The fraction of sp³-hybridized carbons (Fsp3) is 0.182. The van der Waals surface area contributed by atoms with Crippen molar-refractivity contribution in [3.63, 3.8) is 0 Å². The van der Waals surface area contributed by atoms with Gasteiger partial charge in [-0.05, 0) is 12.1 Å². The molecule has 1 aromatic carbocycles. The first-order valence-corrected chi connectivity index (χ1v) is 4.81. The largest absolute Gasteiger partial charge is 0.381 e. The molecular weight excluding hydrogens is 212 g/mol. The van der Waals surface area contributed by atoms with Crippen molar-refractivity contribution in [1.82, 2.24) is 9.78 Å². The molecule has 1 heterocycles. The molecule has 0 radical (unpaired) electrons. The van der Waals surface area contributed by atoms with Crippen LogP contribution in [0.25, 0.3) is 0 Å². The Morgan fingerprint density at radius 3 is 2.75 bits per heavy atom. The highest BCUT2D eigenvalue weighted by molar-refractivity contribution is 5.43. The zero-order valence-corrected chi connectivity index (χ0v) is 8.74. The number of hydrogen-bond acceptors (Lipinski definition) is 2. The minimum atomic E-state index is -0.851. The third-order valence-electron chi connectivity index (χ3n) is 2.17. The van der Waals surface area contributed by atoms with Crippen LogP contribution in [0.2, 0.25) is 0 Å². The molecular formula is C11H11F2N3. The molecule has 0 unspecified atom stereocenters. The fourth-order valence-electron chi connectivity index (χ4n) is 1.37. The van der Waals surface area contributed by atoms with Gasteiger partial charge in [-0.1, -0.05) is 0 Å². The molecule has 0 amide bonds. The molecule has 0 saturated heterocycles. The molecule has 1 aromatic heterocycles. The second kappa shape index (κ2) is 4.30. The number of nitrogens with one attached hydrogen (secondary N) is 1. The van der Waals surface area contributed by atoms with Gasteiger partial charge < -0.3 is 5.32 Å². The zero-order chi connectivity index (χ0) is 11.5. The van der Waals surface area contributed by atoms with Crippen LogP contribution in [0.5, 0.6) is 0 Å². The molecule has 2 aromatic rings. The fourth-order valence-corrected chi connectivity index (χ4v) is 1.37. The van der Waals surface area contributed by atoms with E-state index in [-0.39, 0.29) is 0 Å². The smallest absolute Gasteiger partial charge is 0.160 e. The van der Waals surface area contributed by atoms with Gasteiger partial charge in [-0.2, -0.15) is 5.10 Å². The first-order valence-electron chi connectivity index (χ1n) is 4.81. The molecule has 0 bridgehead atoms. The number of halogens is 2. The van der Waals surface area contributed by atoms with Crippen LogP contribution in [-0.2, 0) is 13.6 Å². The highest BCUT2D eigenvalue weighted by Gasteiger charge is 2.02. The first-order chi connectivity index (χ1) is 7.65. The molecule has 0 aliphatic heterocycles. The number of nitrogens with zero attached hydrogens (tertiary/aromatic N) is 2. The molecule has 2 rings (SSSR count). The predicted octanol–water partition coefficient (Wildman–Crippen LogP) is 2.31. The summed E-state index contributed by atoms with van der Waals surface area (Å²) in [4.78, 5) is 0. The van der Waals surface area contributed by atoms with E-state index in [4.69, 9.17) is 0 Å². The minimum absolute atomic E-state index is 0.527. The Morgan fingerprint density at radius 1 is 1.31 bits per heavy atom. The predicted molar refractivity (Wildman–Crippen MR) is 56.9 cm³/mol. The third kappa shape index (κ3) is 2.36. The van der Waals surface area contributed by atoms with Gasteiger partial charge in [-0.3, -0.25) is 4.68 Å². The number of anilines is 1. The van der Waals surface area contributed by atoms with E-state index in [0.29, 0.717) is 12.2 Å². The van der Waals surface area contributed by atoms with E-state index < -0.39 is 11.6 Å². The van der Waals surface area contributed by atoms with E-state index in [2.05, 4.69) is 10.4 Å². The standard InChI is InChI=1S/C11H11F2N3/c1-16-7-8(6-15-16)5-14-9-2-3-10(12)11(13)4-9/h2-4,6-7,14H,5H2,1H3. The number of aryl methyl sites for hydroxylation is 1. The lowest BCUT2D eigenvalue weighted by atomic mass is 10.3. The number of aromatic nitrogens is 2. The van der Waals surface area contributed by atoms with Crippen LogP contribution < -0.4 is 5.32 Å². The molecule has 0 aliphatic rings. The quantitative estimate of drug-likeness (QED) is 0.865. The average Bonchev–Trinajstić information content (AvgIpc) is 2.66. The molecule has 84 valence electrons. The first kappa shape index (κ1) is 10.6. The Bertz CT molecular complexity index is 494. The van der Waals surface area contributed by atoms with Gasteiger partial charge in [0, 0.05) is 37.1 Å². The molecule has 16 heavy (non-hydrogen) atoms. The van der Waals surface area contributed by atoms with Crippen molar-refractivity contribution in [3.05, 3.63) is 47.8 Å². The summed E-state index contributed by atoms with van der Waals surface area (Å²) in [6.07, 6.45) is 3.57. The minimum Gasteiger partial charge on any atom is -0.381 e. The van der Waals surface area contributed by atoms with Gasteiger partial charge in [-0.25, -0.2) is 8.78 Å². The van der Waals surface area contributed by atoms with E-state index in [1.165, 1.54) is 6.07 Å². The summed E-state index contributed by atoms with van der Waals surface area (Å²) in [6, 6.07) is 3.72. The maximum Gasteiger partial charge on any atom is 0.160 e. The van der Waals surface area contributed by atoms with Crippen LogP contribution in [-0.4, -0.2) is 9.78 Å². The molecule has 0 atom stereocenters. The lowest BCUT2D eigenvalue weighted by Crippen LogP contribution is -1.99. The molecule has 0 aliphatic carbocycles. The Kier molecular flexibility index (Phi) is 2.85. The van der Waals surface area contributed by atoms with Gasteiger partial charge in [0.25, 0.3) is 0 Å². The monoisotopic (exact) mass is 223 g/mol. The van der Waals surface area contributed by atoms with Crippen molar-refractivity contribution in [1.29, 1.82) is 0 Å². The SMILES string of the molecule is Cn1cc(CNc2ccc(F)c(F)c2)cn1. The van der Waals surface area contributed by atoms with Crippen molar-refractivity contribution >= 4 is 5.69 Å². The number of hydrogen-bond donors (Lipinski definition) is 1. The van der Waals surface area contributed by atoms with E-state index in [1.54, 1.807) is 10.9 Å². The third-order valence-corrected chi connectivity index (χ3v) is 2.17. The van der Waals surface area contributed by atoms with Crippen molar-refractivity contribution in [2.75, 3.05) is 5.32 Å². The summed E-state index contributed by atoms with van der Waals surface area (Å²) in [6.45, 7) is 0.527. The second-order valence-electron chi connectivity index (χ2n) is 3.50. The van der Waals surface area contributed by atoms with Gasteiger partial charge in [0.05, 0.1) is 6.20 Å². The Hall–Kier alpha value is -1.91. The zero-order valence-electron chi connectivity index (χ0n) is 8.74. The number of rotatable bonds is 3. The van der Waals surface area contributed by atoms with Crippen LogP contribution >= 0.6 is 0 Å². The molecule has 1 N–H and O–H groups in total. The van der Waals surface area contributed by atoms with E-state index >= 15 is 0 Å².